The molecule has 0 aromatic heterocycles. The fourth-order valence-electron chi connectivity index (χ4n) is 6.53. The second kappa shape index (κ2) is 46.5. The van der Waals surface area contributed by atoms with Gasteiger partial charge < -0.3 is 14.2 Å². The van der Waals surface area contributed by atoms with Crippen molar-refractivity contribution in [2.45, 2.75) is 226 Å². The molecule has 0 aliphatic carbocycles. The Labute approximate surface area is 357 Å². The Kier molecular flexibility index (Phi) is 44.0. The molecule has 6 nitrogen and oxygen atoms in total. The van der Waals surface area contributed by atoms with Crippen LogP contribution < -0.4 is 0 Å². The number of hydrogen-bond acceptors (Lipinski definition) is 6. The lowest BCUT2D eigenvalue weighted by Gasteiger charge is -2.18. The largest absolute Gasteiger partial charge is 0.462 e. The number of esters is 3. The summed E-state index contributed by atoms with van der Waals surface area (Å²) in [5.41, 5.74) is 0. The van der Waals surface area contributed by atoms with Gasteiger partial charge in [-0.1, -0.05) is 235 Å². The fraction of sp³-hybridized carbons (Fsp3) is 0.712. The summed E-state index contributed by atoms with van der Waals surface area (Å²) in [5.74, 6) is -0.935. The van der Waals surface area contributed by atoms with Gasteiger partial charge in [0.15, 0.2) is 6.10 Å². The van der Waals surface area contributed by atoms with Crippen molar-refractivity contribution in [3.63, 3.8) is 0 Å². The van der Waals surface area contributed by atoms with Crippen LogP contribution in [0.2, 0.25) is 0 Å². The standard InChI is InChI=1S/C52H88O6/c1-4-7-10-13-16-19-21-23-25-26-27-29-30-33-36-39-42-45-51(54)57-48-49(47-56-50(53)44-41-38-35-32-18-15-12-9-6-3)58-52(55)46-43-40-37-34-31-28-24-22-20-17-14-11-8-5-2/h7,10,13,16,19,21,23,25-27,29-30,49H,4-6,8-9,11-12,14-15,17-18,20,22,24,28,31-48H2,1-3H3/b10-7-,16-13-,21-19-,25-23-,27-26+,30-29-. The molecule has 0 saturated heterocycles. The van der Waals surface area contributed by atoms with Gasteiger partial charge >= 0.3 is 17.9 Å². The third-order valence-corrected chi connectivity index (χ3v) is 10.1. The summed E-state index contributed by atoms with van der Waals surface area (Å²) in [6, 6.07) is 0. The molecule has 0 aliphatic heterocycles. The molecule has 0 rings (SSSR count). The Morgan fingerprint density at radius 3 is 1.05 bits per heavy atom. The van der Waals surface area contributed by atoms with Crippen LogP contribution in [0, 0.1) is 0 Å². The van der Waals surface area contributed by atoms with Crippen molar-refractivity contribution < 1.29 is 28.6 Å². The minimum atomic E-state index is -0.788. The number of ether oxygens (including phenoxy) is 3. The lowest BCUT2D eigenvalue weighted by molar-refractivity contribution is -0.167. The van der Waals surface area contributed by atoms with E-state index in [4.69, 9.17) is 14.2 Å². The molecule has 332 valence electrons. The molecule has 0 bridgehead atoms. The minimum Gasteiger partial charge on any atom is -0.462 e. The maximum absolute atomic E-state index is 12.7. The molecule has 0 heterocycles. The van der Waals surface area contributed by atoms with E-state index in [0.29, 0.717) is 19.3 Å². The van der Waals surface area contributed by atoms with E-state index in [2.05, 4.69) is 32.9 Å². The van der Waals surface area contributed by atoms with Crippen LogP contribution in [0.5, 0.6) is 0 Å². The van der Waals surface area contributed by atoms with Gasteiger partial charge in [0.1, 0.15) is 13.2 Å². The lowest BCUT2D eigenvalue weighted by Crippen LogP contribution is -2.30. The Morgan fingerprint density at radius 1 is 0.362 bits per heavy atom. The molecule has 0 spiro atoms. The van der Waals surface area contributed by atoms with Crippen LogP contribution in [0.1, 0.15) is 220 Å². The molecule has 58 heavy (non-hydrogen) atoms. The van der Waals surface area contributed by atoms with Crippen molar-refractivity contribution >= 4 is 17.9 Å². The molecule has 0 aromatic carbocycles. The summed E-state index contributed by atoms with van der Waals surface area (Å²) in [5, 5.41) is 0. The molecule has 6 heteroatoms. The first-order chi connectivity index (χ1) is 28.5. The van der Waals surface area contributed by atoms with E-state index in [-0.39, 0.29) is 31.1 Å². The second-order valence-corrected chi connectivity index (χ2v) is 15.8. The number of rotatable bonds is 42. The summed E-state index contributed by atoms with van der Waals surface area (Å²) in [7, 11) is 0. The maximum atomic E-state index is 12.7. The highest BCUT2D eigenvalue weighted by Crippen LogP contribution is 2.15. The van der Waals surface area contributed by atoms with E-state index in [1.807, 2.05) is 60.8 Å². The predicted molar refractivity (Wildman–Crippen MR) is 247 cm³/mol. The first-order valence-electron chi connectivity index (χ1n) is 24.0. The average molecular weight is 809 g/mol. The van der Waals surface area contributed by atoms with Crippen molar-refractivity contribution in [2.75, 3.05) is 13.2 Å². The first kappa shape index (κ1) is 54.9. The molecule has 1 atom stereocenters. The van der Waals surface area contributed by atoms with E-state index in [0.717, 1.165) is 70.6 Å². The summed E-state index contributed by atoms with van der Waals surface area (Å²) < 4.78 is 16.7. The monoisotopic (exact) mass is 809 g/mol. The zero-order valence-electron chi connectivity index (χ0n) is 37.8. The maximum Gasteiger partial charge on any atom is 0.306 e. The topological polar surface area (TPSA) is 78.9 Å². The van der Waals surface area contributed by atoms with Crippen molar-refractivity contribution in [1.82, 2.24) is 0 Å². The molecular weight excluding hydrogens is 721 g/mol. The molecule has 0 fully saturated rings. The predicted octanol–water partition coefficient (Wildman–Crippen LogP) is 15.5. The third-order valence-electron chi connectivity index (χ3n) is 10.1. The average Bonchev–Trinajstić information content (AvgIpc) is 3.22. The van der Waals surface area contributed by atoms with E-state index >= 15 is 0 Å². The van der Waals surface area contributed by atoms with Gasteiger partial charge in [-0.05, 0) is 38.5 Å². The summed E-state index contributed by atoms with van der Waals surface area (Å²) in [4.78, 5) is 37.8. The Balaban J connectivity index is 4.44. The number of allylic oxidation sites excluding steroid dienone is 12. The van der Waals surface area contributed by atoms with Crippen LogP contribution in [0.25, 0.3) is 0 Å². The van der Waals surface area contributed by atoms with Gasteiger partial charge in [-0.2, -0.15) is 0 Å². The van der Waals surface area contributed by atoms with Gasteiger partial charge in [0.25, 0.3) is 0 Å². The smallest absolute Gasteiger partial charge is 0.306 e. The van der Waals surface area contributed by atoms with E-state index in [1.165, 1.54) is 109 Å². The summed E-state index contributed by atoms with van der Waals surface area (Å²) in [6.07, 6.45) is 57.4. The zero-order chi connectivity index (χ0) is 42.3. The second-order valence-electron chi connectivity index (χ2n) is 15.8. The van der Waals surface area contributed by atoms with Crippen LogP contribution in [0.15, 0.2) is 72.9 Å². The van der Waals surface area contributed by atoms with Gasteiger partial charge in [0.05, 0.1) is 0 Å². The number of hydrogen-bond donors (Lipinski definition) is 0. The summed E-state index contributed by atoms with van der Waals surface area (Å²) in [6.45, 7) is 6.43. The molecule has 0 aliphatic rings. The highest BCUT2D eigenvalue weighted by molar-refractivity contribution is 5.71. The lowest BCUT2D eigenvalue weighted by atomic mass is 10.0. The van der Waals surface area contributed by atoms with Crippen LogP contribution in [0.3, 0.4) is 0 Å². The molecule has 0 N–H and O–H groups in total. The molecule has 0 radical (unpaired) electrons. The normalized spacial score (nSPS) is 12.7. The highest BCUT2D eigenvalue weighted by Gasteiger charge is 2.19. The van der Waals surface area contributed by atoms with E-state index in [9.17, 15) is 14.4 Å². The van der Waals surface area contributed by atoms with Gasteiger partial charge in [-0.25, -0.2) is 0 Å². The minimum absolute atomic E-state index is 0.0877. The fourth-order valence-corrected chi connectivity index (χ4v) is 6.53. The van der Waals surface area contributed by atoms with Gasteiger partial charge in [-0.15, -0.1) is 0 Å². The quantitative estimate of drug-likeness (QED) is 0.0264. The number of carbonyl (C=O) groups is 3. The summed E-state index contributed by atoms with van der Waals surface area (Å²) >= 11 is 0. The Bertz CT molecular complexity index is 1110. The molecular formula is C52H88O6. The van der Waals surface area contributed by atoms with E-state index < -0.39 is 6.10 Å². The van der Waals surface area contributed by atoms with Crippen LogP contribution in [0.4, 0.5) is 0 Å². The number of unbranched alkanes of at least 4 members (excludes halogenated alkanes) is 24. The van der Waals surface area contributed by atoms with Gasteiger partial charge in [0, 0.05) is 19.3 Å². The Hall–Kier alpha value is -3.15. The highest BCUT2D eigenvalue weighted by atomic mass is 16.6. The van der Waals surface area contributed by atoms with Gasteiger partial charge in [0.2, 0.25) is 0 Å². The van der Waals surface area contributed by atoms with Crippen molar-refractivity contribution in [2.24, 2.45) is 0 Å². The van der Waals surface area contributed by atoms with Crippen molar-refractivity contribution in [1.29, 1.82) is 0 Å². The zero-order valence-corrected chi connectivity index (χ0v) is 37.8. The van der Waals surface area contributed by atoms with Crippen LogP contribution in [-0.4, -0.2) is 37.2 Å². The number of carbonyl (C=O) groups excluding carboxylic acids is 3. The molecule has 0 aromatic rings. The molecule has 0 amide bonds. The van der Waals surface area contributed by atoms with Crippen molar-refractivity contribution in [3.05, 3.63) is 72.9 Å². The van der Waals surface area contributed by atoms with Crippen molar-refractivity contribution in [3.8, 4) is 0 Å². The van der Waals surface area contributed by atoms with Gasteiger partial charge in [-0.3, -0.25) is 14.4 Å². The Morgan fingerprint density at radius 2 is 0.672 bits per heavy atom. The van der Waals surface area contributed by atoms with Crippen LogP contribution in [-0.2, 0) is 28.6 Å². The SMILES string of the molecule is CC\C=C/C=C\C=C/C=C\C=C\C=C/CCCCCC(=O)OCC(COC(=O)CCCCCCCCCCC)OC(=O)CCCCCCCCCCCCCCCC. The van der Waals surface area contributed by atoms with Crippen LogP contribution >= 0.6 is 0 Å². The third kappa shape index (κ3) is 44.0. The first-order valence-corrected chi connectivity index (χ1v) is 24.0. The molecule has 0 saturated carbocycles. The van der Waals surface area contributed by atoms with E-state index in [1.54, 1.807) is 0 Å². The molecule has 1 unspecified atom stereocenters.